The van der Waals surface area contributed by atoms with Crippen LogP contribution in [0.5, 0.6) is 0 Å². The largest absolute Gasteiger partial charge is 0.379 e. The molecule has 1 aromatic rings. The van der Waals surface area contributed by atoms with Gasteiger partial charge in [-0.25, -0.2) is 0 Å². The number of benzene rings is 1. The average molecular weight is 314 g/mol. The number of methoxy groups -OCH3 is 1. The SMILES string of the molecule is CNC(CCC(C)(C)OC)c1ccc(C)cc1Br. The number of halogens is 1. The Balaban J connectivity index is 2.77. The second-order valence-electron chi connectivity index (χ2n) is 5.37. The molecule has 1 rings (SSSR count). The summed E-state index contributed by atoms with van der Waals surface area (Å²) in [6, 6.07) is 6.88. The van der Waals surface area contributed by atoms with E-state index in [1.54, 1.807) is 7.11 Å². The van der Waals surface area contributed by atoms with Crippen molar-refractivity contribution in [2.24, 2.45) is 0 Å². The van der Waals surface area contributed by atoms with E-state index < -0.39 is 0 Å². The number of aryl methyl sites for hydroxylation is 1. The molecule has 0 amide bonds. The number of hydrogen-bond donors (Lipinski definition) is 1. The van der Waals surface area contributed by atoms with Crippen LogP contribution < -0.4 is 5.32 Å². The van der Waals surface area contributed by atoms with Crippen molar-refractivity contribution in [2.75, 3.05) is 14.2 Å². The molecule has 0 bridgehead atoms. The molecule has 0 heterocycles. The third-order valence-electron chi connectivity index (χ3n) is 3.47. The van der Waals surface area contributed by atoms with E-state index in [-0.39, 0.29) is 5.60 Å². The lowest BCUT2D eigenvalue weighted by molar-refractivity contribution is 0.0118. The first-order chi connectivity index (χ1) is 8.39. The summed E-state index contributed by atoms with van der Waals surface area (Å²) in [7, 11) is 3.78. The van der Waals surface area contributed by atoms with E-state index in [0.29, 0.717) is 6.04 Å². The molecule has 0 fully saturated rings. The maximum Gasteiger partial charge on any atom is 0.0623 e. The summed E-state index contributed by atoms with van der Waals surface area (Å²) in [5, 5.41) is 3.39. The lowest BCUT2D eigenvalue weighted by Gasteiger charge is -2.26. The Morgan fingerprint density at radius 1 is 1.39 bits per heavy atom. The molecule has 0 aromatic heterocycles. The highest BCUT2D eigenvalue weighted by Gasteiger charge is 2.20. The molecule has 102 valence electrons. The zero-order valence-electron chi connectivity index (χ0n) is 12.0. The van der Waals surface area contributed by atoms with Crippen molar-refractivity contribution < 1.29 is 4.74 Å². The van der Waals surface area contributed by atoms with Gasteiger partial charge in [0, 0.05) is 17.6 Å². The number of nitrogens with one attached hydrogen (secondary N) is 1. The predicted molar refractivity (Wildman–Crippen MR) is 81.0 cm³/mol. The Bertz CT molecular complexity index is 390. The van der Waals surface area contributed by atoms with Gasteiger partial charge in [0.15, 0.2) is 0 Å². The first-order valence-electron chi connectivity index (χ1n) is 6.38. The lowest BCUT2D eigenvalue weighted by atomic mass is 9.94. The molecular weight excluding hydrogens is 290 g/mol. The summed E-state index contributed by atoms with van der Waals surface area (Å²) in [4.78, 5) is 0. The molecule has 0 aliphatic carbocycles. The second-order valence-corrected chi connectivity index (χ2v) is 6.22. The van der Waals surface area contributed by atoms with Gasteiger partial charge in [-0.15, -0.1) is 0 Å². The van der Waals surface area contributed by atoms with Crippen molar-refractivity contribution in [3.63, 3.8) is 0 Å². The summed E-state index contributed by atoms with van der Waals surface area (Å²) in [5.41, 5.74) is 2.53. The molecule has 0 spiro atoms. The minimum atomic E-state index is -0.0632. The summed E-state index contributed by atoms with van der Waals surface area (Å²) in [6.45, 7) is 6.37. The van der Waals surface area contributed by atoms with Gasteiger partial charge in [0.1, 0.15) is 0 Å². The van der Waals surface area contributed by atoms with Crippen molar-refractivity contribution >= 4 is 15.9 Å². The maximum atomic E-state index is 5.48. The van der Waals surface area contributed by atoms with Crippen LogP contribution in [0.3, 0.4) is 0 Å². The molecule has 0 saturated carbocycles. The standard InChI is InChI=1S/C15H24BrNO/c1-11-6-7-12(13(16)10-11)14(17-4)8-9-15(2,3)18-5/h6-7,10,14,17H,8-9H2,1-5H3. The van der Waals surface area contributed by atoms with Crippen LogP contribution in [0.4, 0.5) is 0 Å². The minimum Gasteiger partial charge on any atom is -0.379 e. The quantitative estimate of drug-likeness (QED) is 0.849. The normalized spacial score (nSPS) is 13.7. The van der Waals surface area contributed by atoms with Crippen molar-refractivity contribution in [1.29, 1.82) is 0 Å². The summed E-state index contributed by atoms with van der Waals surface area (Å²) < 4.78 is 6.66. The van der Waals surface area contributed by atoms with Crippen LogP contribution in [0.1, 0.15) is 43.9 Å². The van der Waals surface area contributed by atoms with Gasteiger partial charge in [-0.1, -0.05) is 28.1 Å². The second kappa shape index (κ2) is 6.69. The van der Waals surface area contributed by atoms with Crippen LogP contribution >= 0.6 is 15.9 Å². The van der Waals surface area contributed by atoms with Crippen molar-refractivity contribution in [2.45, 2.75) is 45.3 Å². The van der Waals surface area contributed by atoms with Gasteiger partial charge in [-0.2, -0.15) is 0 Å². The van der Waals surface area contributed by atoms with Gasteiger partial charge in [0.25, 0.3) is 0 Å². The first-order valence-corrected chi connectivity index (χ1v) is 7.17. The number of rotatable bonds is 6. The fourth-order valence-electron chi connectivity index (χ4n) is 1.96. The highest BCUT2D eigenvalue weighted by Crippen LogP contribution is 2.29. The average Bonchev–Trinajstić information content (AvgIpc) is 2.32. The van der Waals surface area contributed by atoms with Crippen LogP contribution in [0.25, 0.3) is 0 Å². The molecule has 1 N–H and O–H groups in total. The van der Waals surface area contributed by atoms with E-state index in [1.165, 1.54) is 15.6 Å². The van der Waals surface area contributed by atoms with Crippen LogP contribution in [0.15, 0.2) is 22.7 Å². The van der Waals surface area contributed by atoms with Crippen molar-refractivity contribution in [1.82, 2.24) is 5.32 Å². The highest BCUT2D eigenvalue weighted by molar-refractivity contribution is 9.10. The van der Waals surface area contributed by atoms with Crippen LogP contribution in [0, 0.1) is 6.92 Å². The van der Waals surface area contributed by atoms with Crippen LogP contribution in [0.2, 0.25) is 0 Å². The Hall–Kier alpha value is -0.380. The van der Waals surface area contributed by atoms with Gasteiger partial charge in [0.05, 0.1) is 5.60 Å². The Labute approximate surface area is 119 Å². The molecule has 3 heteroatoms. The third-order valence-corrected chi connectivity index (χ3v) is 4.15. The summed E-state index contributed by atoms with van der Waals surface area (Å²) in [6.07, 6.45) is 2.08. The van der Waals surface area contributed by atoms with Crippen molar-refractivity contribution in [3.8, 4) is 0 Å². The zero-order valence-corrected chi connectivity index (χ0v) is 13.6. The fraction of sp³-hybridized carbons (Fsp3) is 0.600. The third kappa shape index (κ3) is 4.38. The Kier molecular flexibility index (Phi) is 5.83. The van der Waals surface area contributed by atoms with Gasteiger partial charge < -0.3 is 10.1 Å². The van der Waals surface area contributed by atoms with Crippen LogP contribution in [-0.4, -0.2) is 19.8 Å². The topological polar surface area (TPSA) is 21.3 Å². The predicted octanol–water partition coefficient (Wildman–Crippen LogP) is 4.22. The van der Waals surface area contributed by atoms with E-state index in [9.17, 15) is 0 Å². The zero-order chi connectivity index (χ0) is 13.8. The van der Waals surface area contributed by atoms with Gasteiger partial charge in [-0.3, -0.25) is 0 Å². The Morgan fingerprint density at radius 3 is 2.56 bits per heavy atom. The molecule has 2 nitrogen and oxygen atoms in total. The smallest absolute Gasteiger partial charge is 0.0623 e. The molecule has 1 unspecified atom stereocenters. The minimum absolute atomic E-state index is 0.0632. The van der Waals surface area contributed by atoms with E-state index >= 15 is 0 Å². The Morgan fingerprint density at radius 2 is 2.06 bits per heavy atom. The summed E-state index contributed by atoms with van der Waals surface area (Å²) in [5.74, 6) is 0. The molecule has 0 saturated heterocycles. The molecule has 0 radical (unpaired) electrons. The number of hydrogen-bond acceptors (Lipinski definition) is 2. The molecular formula is C15H24BrNO. The van der Waals surface area contributed by atoms with E-state index in [1.807, 2.05) is 7.05 Å². The van der Waals surface area contributed by atoms with Crippen LogP contribution in [-0.2, 0) is 4.74 Å². The highest BCUT2D eigenvalue weighted by atomic mass is 79.9. The van der Waals surface area contributed by atoms with Gasteiger partial charge >= 0.3 is 0 Å². The number of ether oxygens (including phenoxy) is 1. The maximum absolute atomic E-state index is 5.48. The van der Waals surface area contributed by atoms with E-state index in [2.05, 4.69) is 60.2 Å². The molecule has 18 heavy (non-hydrogen) atoms. The van der Waals surface area contributed by atoms with E-state index in [4.69, 9.17) is 4.74 Å². The van der Waals surface area contributed by atoms with Gasteiger partial charge in [0.2, 0.25) is 0 Å². The van der Waals surface area contributed by atoms with Crippen molar-refractivity contribution in [3.05, 3.63) is 33.8 Å². The molecule has 0 aliphatic rings. The van der Waals surface area contributed by atoms with Gasteiger partial charge in [-0.05, 0) is 57.9 Å². The molecule has 0 aliphatic heterocycles. The summed E-state index contributed by atoms with van der Waals surface area (Å²) >= 11 is 3.65. The monoisotopic (exact) mass is 313 g/mol. The lowest BCUT2D eigenvalue weighted by Crippen LogP contribution is -2.26. The van der Waals surface area contributed by atoms with E-state index in [0.717, 1.165) is 12.8 Å². The molecule has 1 aromatic carbocycles. The fourth-order valence-corrected chi connectivity index (χ4v) is 2.73. The first kappa shape index (κ1) is 15.7. The molecule has 1 atom stereocenters.